The van der Waals surface area contributed by atoms with Gasteiger partial charge in [-0.1, -0.05) is 12.1 Å². The van der Waals surface area contributed by atoms with Crippen LogP contribution in [0.1, 0.15) is 24.0 Å². The summed E-state index contributed by atoms with van der Waals surface area (Å²) in [7, 11) is 2.19. The van der Waals surface area contributed by atoms with Gasteiger partial charge in [-0.05, 0) is 55.3 Å². The van der Waals surface area contributed by atoms with Crippen molar-refractivity contribution in [2.24, 2.45) is 0 Å². The lowest BCUT2D eigenvalue weighted by atomic mass is 9.95. The quantitative estimate of drug-likeness (QED) is 0.847. The first-order valence-electron chi connectivity index (χ1n) is 7.11. The molecule has 104 valence electrons. The van der Waals surface area contributed by atoms with E-state index in [1.165, 1.54) is 24.0 Å². The van der Waals surface area contributed by atoms with Gasteiger partial charge in [-0.3, -0.25) is 4.98 Å². The fourth-order valence-corrected chi connectivity index (χ4v) is 2.90. The number of aromatic nitrogens is 1. The van der Waals surface area contributed by atoms with Gasteiger partial charge in [0.05, 0.1) is 0 Å². The first kappa shape index (κ1) is 13.1. The van der Waals surface area contributed by atoms with E-state index in [1.54, 1.807) is 0 Å². The SMILES string of the molecule is CN(Cc1ccncc1)CC1(c2ccc(N)cc2)CC1. The minimum Gasteiger partial charge on any atom is -0.399 e. The smallest absolute Gasteiger partial charge is 0.0314 e. The van der Waals surface area contributed by atoms with Crippen LogP contribution < -0.4 is 5.73 Å². The highest BCUT2D eigenvalue weighted by atomic mass is 15.1. The molecule has 3 heteroatoms. The summed E-state index contributed by atoms with van der Waals surface area (Å²) in [6, 6.07) is 12.6. The summed E-state index contributed by atoms with van der Waals surface area (Å²) in [4.78, 5) is 6.47. The molecule has 0 amide bonds. The number of pyridine rings is 1. The van der Waals surface area contributed by atoms with Gasteiger partial charge in [-0.25, -0.2) is 0 Å². The van der Waals surface area contributed by atoms with Crippen LogP contribution in [0.2, 0.25) is 0 Å². The highest BCUT2D eigenvalue weighted by Gasteiger charge is 2.44. The molecule has 1 aliphatic carbocycles. The summed E-state index contributed by atoms with van der Waals surface area (Å²) in [6.45, 7) is 2.07. The third kappa shape index (κ3) is 2.83. The Labute approximate surface area is 120 Å². The van der Waals surface area contributed by atoms with Crippen molar-refractivity contribution in [3.63, 3.8) is 0 Å². The molecule has 0 atom stereocenters. The van der Waals surface area contributed by atoms with Gasteiger partial charge >= 0.3 is 0 Å². The predicted octanol–water partition coefficient (Wildman–Crippen LogP) is 2.83. The lowest BCUT2D eigenvalue weighted by molar-refractivity contribution is 0.294. The molecule has 3 rings (SSSR count). The van der Waals surface area contributed by atoms with Gasteiger partial charge in [-0.15, -0.1) is 0 Å². The van der Waals surface area contributed by atoms with E-state index in [-0.39, 0.29) is 0 Å². The average molecular weight is 267 g/mol. The van der Waals surface area contributed by atoms with Gasteiger partial charge < -0.3 is 10.6 Å². The van der Waals surface area contributed by atoms with Gasteiger partial charge in [0.2, 0.25) is 0 Å². The molecule has 0 unspecified atom stereocenters. The first-order chi connectivity index (χ1) is 9.68. The van der Waals surface area contributed by atoms with E-state index < -0.39 is 0 Å². The number of rotatable bonds is 5. The molecule has 1 aliphatic rings. The molecule has 1 fully saturated rings. The number of hydrogen-bond donors (Lipinski definition) is 1. The molecule has 1 aromatic heterocycles. The van der Waals surface area contributed by atoms with Crippen molar-refractivity contribution < 1.29 is 0 Å². The van der Waals surface area contributed by atoms with Crippen molar-refractivity contribution >= 4 is 5.69 Å². The second-order valence-corrected chi connectivity index (χ2v) is 5.93. The molecule has 0 radical (unpaired) electrons. The van der Waals surface area contributed by atoms with E-state index in [4.69, 9.17) is 5.73 Å². The molecule has 0 bridgehead atoms. The minimum atomic E-state index is 0.343. The molecule has 2 N–H and O–H groups in total. The molecule has 1 heterocycles. The standard InChI is InChI=1S/C17H21N3/c1-20(12-14-6-10-19-11-7-14)13-17(8-9-17)15-2-4-16(18)5-3-15/h2-7,10-11H,8-9,12-13,18H2,1H3. The van der Waals surface area contributed by atoms with Gasteiger partial charge in [0.1, 0.15) is 0 Å². The second-order valence-electron chi connectivity index (χ2n) is 5.93. The molecular formula is C17H21N3. The number of anilines is 1. The number of benzene rings is 1. The molecule has 0 saturated heterocycles. The summed E-state index contributed by atoms with van der Waals surface area (Å²) in [5, 5.41) is 0. The number of likely N-dealkylation sites (N-methyl/N-ethyl adjacent to an activating group) is 1. The van der Waals surface area contributed by atoms with Crippen LogP contribution in [-0.4, -0.2) is 23.5 Å². The zero-order valence-corrected chi connectivity index (χ0v) is 11.9. The van der Waals surface area contributed by atoms with E-state index in [2.05, 4.69) is 41.2 Å². The van der Waals surface area contributed by atoms with Crippen LogP contribution in [0, 0.1) is 0 Å². The van der Waals surface area contributed by atoms with Crippen LogP contribution in [-0.2, 0) is 12.0 Å². The van der Waals surface area contributed by atoms with Crippen molar-refractivity contribution in [3.8, 4) is 0 Å². The predicted molar refractivity (Wildman–Crippen MR) is 82.3 cm³/mol. The van der Waals surface area contributed by atoms with E-state index in [0.717, 1.165) is 18.8 Å². The average Bonchev–Trinajstić information content (AvgIpc) is 3.21. The summed E-state index contributed by atoms with van der Waals surface area (Å²) >= 11 is 0. The van der Waals surface area contributed by atoms with Crippen molar-refractivity contribution in [1.82, 2.24) is 9.88 Å². The van der Waals surface area contributed by atoms with Crippen molar-refractivity contribution in [2.45, 2.75) is 24.8 Å². The Hall–Kier alpha value is -1.87. The van der Waals surface area contributed by atoms with Crippen LogP contribution in [0.15, 0.2) is 48.8 Å². The van der Waals surface area contributed by atoms with Crippen LogP contribution in [0.25, 0.3) is 0 Å². The Bertz CT molecular complexity index is 559. The number of nitrogen functional groups attached to an aromatic ring is 1. The summed E-state index contributed by atoms with van der Waals surface area (Å²) < 4.78 is 0. The summed E-state index contributed by atoms with van der Waals surface area (Å²) in [5.41, 5.74) is 9.70. The summed E-state index contributed by atoms with van der Waals surface area (Å²) in [5.74, 6) is 0. The number of nitrogens with zero attached hydrogens (tertiary/aromatic N) is 2. The molecule has 20 heavy (non-hydrogen) atoms. The fraction of sp³-hybridized carbons (Fsp3) is 0.353. The fourth-order valence-electron chi connectivity index (χ4n) is 2.90. The van der Waals surface area contributed by atoms with Crippen molar-refractivity contribution in [1.29, 1.82) is 0 Å². The third-order valence-corrected chi connectivity index (χ3v) is 4.15. The Morgan fingerprint density at radius 1 is 1.10 bits per heavy atom. The molecule has 1 saturated carbocycles. The minimum absolute atomic E-state index is 0.343. The first-order valence-corrected chi connectivity index (χ1v) is 7.11. The largest absolute Gasteiger partial charge is 0.399 e. The highest BCUT2D eigenvalue weighted by molar-refractivity contribution is 5.43. The lowest BCUT2D eigenvalue weighted by Gasteiger charge is -2.24. The van der Waals surface area contributed by atoms with Gasteiger partial charge in [0, 0.05) is 36.6 Å². The van der Waals surface area contributed by atoms with E-state index in [0.29, 0.717) is 5.41 Å². The van der Waals surface area contributed by atoms with Gasteiger partial charge in [0.25, 0.3) is 0 Å². The van der Waals surface area contributed by atoms with Crippen molar-refractivity contribution in [2.75, 3.05) is 19.3 Å². The monoisotopic (exact) mass is 267 g/mol. The maximum Gasteiger partial charge on any atom is 0.0314 e. The maximum absolute atomic E-state index is 5.78. The number of hydrogen-bond acceptors (Lipinski definition) is 3. The molecule has 0 aliphatic heterocycles. The third-order valence-electron chi connectivity index (χ3n) is 4.15. The maximum atomic E-state index is 5.78. The zero-order valence-electron chi connectivity index (χ0n) is 11.9. The molecular weight excluding hydrogens is 246 g/mol. The van der Waals surface area contributed by atoms with Gasteiger partial charge in [-0.2, -0.15) is 0 Å². The molecule has 0 spiro atoms. The van der Waals surface area contributed by atoms with E-state index >= 15 is 0 Å². The molecule has 1 aromatic carbocycles. The Balaban J connectivity index is 1.66. The highest BCUT2D eigenvalue weighted by Crippen LogP contribution is 2.48. The molecule has 3 nitrogen and oxygen atoms in total. The lowest BCUT2D eigenvalue weighted by Crippen LogP contribution is -2.28. The van der Waals surface area contributed by atoms with Crippen LogP contribution in [0.5, 0.6) is 0 Å². The van der Waals surface area contributed by atoms with Crippen LogP contribution >= 0.6 is 0 Å². The summed E-state index contributed by atoms with van der Waals surface area (Å²) in [6.07, 6.45) is 6.27. The topological polar surface area (TPSA) is 42.2 Å². The normalized spacial score (nSPS) is 16.3. The second kappa shape index (κ2) is 5.25. The van der Waals surface area contributed by atoms with E-state index in [9.17, 15) is 0 Å². The number of nitrogens with two attached hydrogens (primary N) is 1. The zero-order chi connectivity index (χ0) is 14.0. The Morgan fingerprint density at radius 3 is 2.35 bits per heavy atom. The van der Waals surface area contributed by atoms with E-state index in [1.807, 2.05) is 24.5 Å². The van der Waals surface area contributed by atoms with Gasteiger partial charge in [0.15, 0.2) is 0 Å². The molecule has 2 aromatic rings. The van der Waals surface area contributed by atoms with Crippen molar-refractivity contribution in [3.05, 3.63) is 59.9 Å². The Kier molecular flexibility index (Phi) is 3.45. The van der Waals surface area contributed by atoms with Crippen LogP contribution in [0.4, 0.5) is 5.69 Å². The van der Waals surface area contributed by atoms with Crippen LogP contribution in [0.3, 0.4) is 0 Å². The Morgan fingerprint density at radius 2 is 1.75 bits per heavy atom.